The molecule has 0 N–H and O–H groups in total. The van der Waals surface area contributed by atoms with Crippen LogP contribution in [0.2, 0.25) is 0 Å². The lowest BCUT2D eigenvalue weighted by Crippen LogP contribution is -2.15. The van der Waals surface area contributed by atoms with E-state index in [-0.39, 0.29) is 5.41 Å². The number of hydrogen-bond acceptors (Lipinski definition) is 1. The number of rotatable bonds is 2. The van der Waals surface area contributed by atoms with Crippen LogP contribution in [0.4, 0.5) is 0 Å². The normalized spacial score (nSPS) is 13.6. The van der Waals surface area contributed by atoms with E-state index in [0.29, 0.717) is 0 Å². The van der Waals surface area contributed by atoms with Gasteiger partial charge in [-0.25, -0.2) is 0 Å². The molecule has 1 heterocycles. The van der Waals surface area contributed by atoms with Crippen LogP contribution < -0.4 is 0 Å². The Morgan fingerprint density at radius 1 is 0.400 bits per heavy atom. The second-order valence-corrected chi connectivity index (χ2v) is 15.5. The highest BCUT2D eigenvalue weighted by Gasteiger charge is 2.37. The van der Waals surface area contributed by atoms with Gasteiger partial charge in [0.1, 0.15) is 0 Å². The van der Waals surface area contributed by atoms with E-state index in [2.05, 4.69) is 172 Å². The van der Waals surface area contributed by atoms with Gasteiger partial charge in [-0.15, -0.1) is 11.3 Å². The van der Waals surface area contributed by atoms with Crippen LogP contribution in [0, 0.1) is 0 Å². The van der Waals surface area contributed by atoms with Gasteiger partial charge in [-0.2, -0.15) is 0 Å². The molecular weight excluding hydrogens is 621 g/mol. The fourth-order valence-electron chi connectivity index (χ4n) is 9.18. The molecule has 0 aliphatic heterocycles. The fraction of sp³-hybridized carbons (Fsp3) is 0.0612. The van der Waals surface area contributed by atoms with Crippen molar-refractivity contribution < 1.29 is 0 Å². The molecule has 0 nitrogen and oxygen atoms in total. The van der Waals surface area contributed by atoms with Crippen LogP contribution in [0.1, 0.15) is 25.0 Å². The average molecular weight is 653 g/mol. The second kappa shape index (κ2) is 10.1. The molecule has 50 heavy (non-hydrogen) atoms. The van der Waals surface area contributed by atoms with Crippen LogP contribution in [0.3, 0.4) is 0 Å². The fourth-order valence-corrected chi connectivity index (χ4v) is 10.4. The maximum absolute atomic E-state index is 2.48. The van der Waals surface area contributed by atoms with Gasteiger partial charge in [0, 0.05) is 25.6 Å². The van der Waals surface area contributed by atoms with E-state index < -0.39 is 0 Å². The molecule has 1 heteroatoms. The summed E-state index contributed by atoms with van der Waals surface area (Å²) in [7, 11) is 0. The summed E-state index contributed by atoms with van der Waals surface area (Å²) in [5.41, 5.74) is 10.6. The average Bonchev–Trinajstić information content (AvgIpc) is 3.65. The Morgan fingerprint density at radius 3 is 1.66 bits per heavy atom. The molecule has 0 atom stereocenters. The minimum absolute atomic E-state index is 0.114. The van der Waals surface area contributed by atoms with Crippen LogP contribution in [0.5, 0.6) is 0 Å². The smallest absolute Gasteiger partial charge is 0.0433 e. The van der Waals surface area contributed by atoms with Crippen LogP contribution in [-0.2, 0) is 5.41 Å². The molecule has 1 aliphatic rings. The SMILES string of the molecule is CC1(C)c2ccc(-c3c4ccccc4c(-c4ccc5ccccc5c4)c4ccccc34)cc2-c2ccc3c(ccc4c5ccccc5sc34)c21. The van der Waals surface area contributed by atoms with Crippen molar-refractivity contribution in [2.24, 2.45) is 0 Å². The summed E-state index contributed by atoms with van der Waals surface area (Å²) in [4.78, 5) is 0. The van der Waals surface area contributed by atoms with Gasteiger partial charge in [-0.3, -0.25) is 0 Å². The minimum Gasteiger partial charge on any atom is -0.135 e. The van der Waals surface area contributed by atoms with E-state index in [1.807, 2.05) is 11.3 Å². The van der Waals surface area contributed by atoms with Crippen molar-refractivity contribution in [2.45, 2.75) is 19.3 Å². The zero-order valence-corrected chi connectivity index (χ0v) is 28.7. The molecule has 0 saturated heterocycles. The Morgan fingerprint density at radius 2 is 0.940 bits per heavy atom. The zero-order valence-electron chi connectivity index (χ0n) is 27.9. The zero-order chi connectivity index (χ0) is 33.1. The molecule has 0 radical (unpaired) electrons. The third kappa shape index (κ3) is 3.76. The molecule has 1 aromatic heterocycles. The van der Waals surface area contributed by atoms with E-state index in [1.165, 1.54) is 108 Å². The van der Waals surface area contributed by atoms with Crippen molar-refractivity contribution in [1.82, 2.24) is 0 Å². The Labute approximate surface area is 294 Å². The number of thiophene rings is 1. The van der Waals surface area contributed by atoms with Crippen molar-refractivity contribution in [3.63, 3.8) is 0 Å². The summed E-state index contributed by atoms with van der Waals surface area (Å²) < 4.78 is 2.75. The Kier molecular flexibility index (Phi) is 5.70. The molecule has 0 spiro atoms. The molecule has 0 saturated carbocycles. The van der Waals surface area contributed by atoms with Crippen molar-refractivity contribution in [2.75, 3.05) is 0 Å². The topological polar surface area (TPSA) is 0 Å². The molecule has 9 aromatic carbocycles. The lowest BCUT2D eigenvalue weighted by molar-refractivity contribution is 0.666. The van der Waals surface area contributed by atoms with Crippen molar-refractivity contribution >= 4 is 74.6 Å². The lowest BCUT2D eigenvalue weighted by atomic mass is 9.79. The summed E-state index contributed by atoms with van der Waals surface area (Å²) in [6.45, 7) is 4.82. The first-order chi connectivity index (χ1) is 24.6. The summed E-state index contributed by atoms with van der Waals surface area (Å²) in [5, 5.41) is 13.1. The highest BCUT2D eigenvalue weighted by molar-refractivity contribution is 7.26. The van der Waals surface area contributed by atoms with E-state index in [9.17, 15) is 0 Å². The predicted molar refractivity (Wildman–Crippen MR) is 218 cm³/mol. The van der Waals surface area contributed by atoms with E-state index in [4.69, 9.17) is 0 Å². The van der Waals surface area contributed by atoms with E-state index in [1.54, 1.807) is 0 Å². The third-order valence-electron chi connectivity index (χ3n) is 11.4. The van der Waals surface area contributed by atoms with Gasteiger partial charge >= 0.3 is 0 Å². The Hall–Kier alpha value is -5.76. The minimum atomic E-state index is -0.114. The van der Waals surface area contributed by atoms with Crippen LogP contribution in [-0.4, -0.2) is 0 Å². The Bertz CT molecular complexity index is 3010. The number of benzene rings is 9. The molecule has 0 bridgehead atoms. The molecule has 11 rings (SSSR count). The Balaban J connectivity index is 1.16. The molecule has 0 unspecified atom stereocenters. The quantitative estimate of drug-likeness (QED) is 0.163. The van der Waals surface area contributed by atoms with Gasteiger partial charge in [-0.1, -0.05) is 153 Å². The van der Waals surface area contributed by atoms with Crippen molar-refractivity contribution in [3.05, 3.63) is 169 Å². The predicted octanol–water partition coefficient (Wildman–Crippen LogP) is 14.3. The molecule has 10 aromatic rings. The number of hydrogen-bond donors (Lipinski definition) is 0. The van der Waals surface area contributed by atoms with E-state index in [0.717, 1.165) is 0 Å². The first-order valence-electron chi connectivity index (χ1n) is 17.5. The van der Waals surface area contributed by atoms with Gasteiger partial charge in [0.15, 0.2) is 0 Å². The van der Waals surface area contributed by atoms with Crippen LogP contribution >= 0.6 is 11.3 Å². The van der Waals surface area contributed by atoms with Crippen molar-refractivity contribution in [1.29, 1.82) is 0 Å². The summed E-state index contributed by atoms with van der Waals surface area (Å²) in [5.74, 6) is 0. The molecule has 0 fully saturated rings. The maximum atomic E-state index is 2.48. The lowest BCUT2D eigenvalue weighted by Gasteiger charge is -2.23. The molecular formula is C49H32S. The maximum Gasteiger partial charge on any atom is 0.0433 e. The molecule has 1 aliphatic carbocycles. The molecule has 234 valence electrons. The monoisotopic (exact) mass is 652 g/mol. The summed E-state index contributed by atoms with van der Waals surface area (Å²) in [6, 6.07) is 59.2. The highest BCUT2D eigenvalue weighted by atomic mass is 32.1. The number of fused-ring (bicyclic) bond motifs is 12. The van der Waals surface area contributed by atoms with Crippen molar-refractivity contribution in [3.8, 4) is 33.4 Å². The van der Waals surface area contributed by atoms with Gasteiger partial charge in [0.2, 0.25) is 0 Å². The first kappa shape index (κ1) is 28.1. The van der Waals surface area contributed by atoms with Gasteiger partial charge in [0.05, 0.1) is 0 Å². The molecule has 0 amide bonds. The van der Waals surface area contributed by atoms with E-state index >= 15 is 0 Å². The van der Waals surface area contributed by atoms with Crippen LogP contribution in [0.25, 0.3) is 96.6 Å². The second-order valence-electron chi connectivity index (χ2n) is 14.4. The standard InChI is InChI=1S/C49H32S/c1-49(2)43-26-21-32(28-42(43)39-23-25-41-38(47(39)49)22-24-40-33-13-9-10-18-44(33)50-48(40)41)46-36-16-7-5-14-34(36)45(35-15-6-8-17-37(35)46)31-20-19-29-11-3-4-12-30(29)27-31/h3-28H,1-2H3. The van der Waals surface area contributed by atoms with Crippen LogP contribution in [0.15, 0.2) is 158 Å². The third-order valence-corrected chi connectivity index (χ3v) is 12.6. The largest absolute Gasteiger partial charge is 0.135 e. The van der Waals surface area contributed by atoms with Gasteiger partial charge in [0.25, 0.3) is 0 Å². The summed E-state index contributed by atoms with van der Waals surface area (Å²) in [6.07, 6.45) is 0. The first-order valence-corrected chi connectivity index (χ1v) is 18.3. The van der Waals surface area contributed by atoms with Gasteiger partial charge < -0.3 is 0 Å². The highest BCUT2D eigenvalue weighted by Crippen LogP contribution is 2.54. The summed E-state index contributed by atoms with van der Waals surface area (Å²) >= 11 is 1.92. The van der Waals surface area contributed by atoms with Gasteiger partial charge in [-0.05, 0) is 106 Å².